The highest BCUT2D eigenvalue weighted by atomic mass is 16.5. The maximum atomic E-state index is 11.6. The normalized spacial score (nSPS) is 19.2. The number of rotatable bonds is 11. The number of β-amino-alcohol motifs (C(OH)–C–C–N with tert-alkyl or cyclic N) is 1. The van der Waals surface area contributed by atoms with Gasteiger partial charge in [-0.2, -0.15) is 0 Å². The molecule has 2 aromatic heterocycles. The maximum Gasteiger partial charge on any atom is 0.335 e. The number of nitrogens with one attached hydrogen (secondary N) is 1. The van der Waals surface area contributed by atoms with Crippen molar-refractivity contribution in [3.63, 3.8) is 0 Å². The fourth-order valence-corrected chi connectivity index (χ4v) is 6.68. The Labute approximate surface area is 268 Å². The minimum atomic E-state index is -0.933. The maximum absolute atomic E-state index is 11.6. The highest BCUT2D eigenvalue weighted by Crippen LogP contribution is 2.31. The molecular formula is C35H42N6O5. The third kappa shape index (κ3) is 6.87. The predicted molar refractivity (Wildman–Crippen MR) is 174 cm³/mol. The Bertz CT molecular complexity index is 1720. The molecule has 2 aromatic carbocycles. The van der Waals surface area contributed by atoms with E-state index in [2.05, 4.69) is 39.2 Å². The molecule has 2 fully saturated rings. The van der Waals surface area contributed by atoms with Crippen molar-refractivity contribution in [3.05, 3.63) is 82.8 Å². The quantitative estimate of drug-likeness (QED) is 0.214. The molecule has 5 heterocycles. The van der Waals surface area contributed by atoms with Crippen molar-refractivity contribution in [1.29, 1.82) is 0 Å². The molecule has 0 bridgehead atoms. The van der Waals surface area contributed by atoms with Gasteiger partial charge in [0.2, 0.25) is 5.88 Å². The first kappa shape index (κ1) is 30.6. The summed E-state index contributed by atoms with van der Waals surface area (Å²) in [6.45, 7) is 9.36. The number of hydrogen-bond acceptors (Lipinski definition) is 9. The van der Waals surface area contributed by atoms with E-state index in [-0.39, 0.29) is 11.7 Å². The summed E-state index contributed by atoms with van der Waals surface area (Å²) in [6.07, 6.45) is 3.13. The first-order valence-electron chi connectivity index (χ1n) is 16.2. The van der Waals surface area contributed by atoms with Crippen molar-refractivity contribution in [3.8, 4) is 5.88 Å². The van der Waals surface area contributed by atoms with E-state index in [0.29, 0.717) is 38.0 Å². The lowest BCUT2D eigenvalue weighted by Crippen LogP contribution is -2.38. The molecule has 0 spiro atoms. The molecule has 4 aromatic rings. The van der Waals surface area contributed by atoms with Crippen LogP contribution in [0.3, 0.4) is 0 Å². The third-order valence-electron chi connectivity index (χ3n) is 9.15. The first-order chi connectivity index (χ1) is 22.2. The van der Waals surface area contributed by atoms with Gasteiger partial charge in [0.15, 0.2) is 0 Å². The number of ether oxygens (including phenoxy) is 2. The molecule has 2 saturated heterocycles. The molecule has 11 nitrogen and oxygen atoms in total. The minimum Gasteiger partial charge on any atom is -0.478 e. The van der Waals surface area contributed by atoms with E-state index < -0.39 is 11.6 Å². The number of aliphatic hydroxyl groups is 1. The molecule has 0 aliphatic carbocycles. The van der Waals surface area contributed by atoms with Gasteiger partial charge in [0.25, 0.3) is 0 Å². The summed E-state index contributed by atoms with van der Waals surface area (Å²) in [7, 11) is 0. The number of aromatic carboxylic acids is 1. The van der Waals surface area contributed by atoms with E-state index in [4.69, 9.17) is 19.4 Å². The molecule has 7 rings (SSSR count). The third-order valence-corrected chi connectivity index (χ3v) is 9.15. The molecule has 1 atom stereocenters. The van der Waals surface area contributed by atoms with Crippen molar-refractivity contribution in [2.75, 3.05) is 31.7 Å². The Morgan fingerprint density at radius 2 is 1.91 bits per heavy atom. The Kier molecular flexibility index (Phi) is 8.41. The lowest BCUT2D eigenvalue weighted by molar-refractivity contribution is -0.0592. The number of hydrazine groups is 1. The number of anilines is 1. The van der Waals surface area contributed by atoms with Gasteiger partial charge in [-0.15, -0.1) is 0 Å². The fraction of sp³-hybridized carbons (Fsp3) is 0.457. The number of likely N-dealkylation sites (tertiary alicyclic amines) is 1. The smallest absolute Gasteiger partial charge is 0.335 e. The molecule has 3 aliphatic heterocycles. The van der Waals surface area contributed by atoms with Crippen LogP contribution in [0.1, 0.15) is 72.0 Å². The van der Waals surface area contributed by atoms with Gasteiger partial charge in [-0.25, -0.2) is 19.8 Å². The van der Waals surface area contributed by atoms with Crippen LogP contribution in [0.15, 0.2) is 54.6 Å². The second-order valence-corrected chi connectivity index (χ2v) is 13.4. The van der Waals surface area contributed by atoms with Crippen molar-refractivity contribution in [2.45, 2.75) is 77.0 Å². The SMILES string of the molecule is CC(C)(O)CN1Cc2ccc(COc3cccc(C4CCN(Cc5nc6ccc(C(=O)O)cc6n5C[C@@H]5CCO5)CC4)n3)cc2N1. The van der Waals surface area contributed by atoms with Crippen LogP contribution in [0, 0.1) is 0 Å². The highest BCUT2D eigenvalue weighted by Gasteiger charge is 2.27. The van der Waals surface area contributed by atoms with Gasteiger partial charge < -0.3 is 29.7 Å². The van der Waals surface area contributed by atoms with Gasteiger partial charge in [-0.1, -0.05) is 18.2 Å². The molecule has 46 heavy (non-hydrogen) atoms. The van der Waals surface area contributed by atoms with Gasteiger partial charge in [0.05, 0.1) is 47.1 Å². The van der Waals surface area contributed by atoms with Crippen molar-refractivity contribution in [2.24, 2.45) is 0 Å². The summed E-state index contributed by atoms with van der Waals surface area (Å²) in [5.41, 5.74) is 8.95. The van der Waals surface area contributed by atoms with E-state index in [0.717, 1.165) is 79.3 Å². The zero-order chi connectivity index (χ0) is 31.8. The average Bonchev–Trinajstić information content (AvgIpc) is 3.56. The number of fused-ring (bicyclic) bond motifs is 2. The average molecular weight is 627 g/mol. The van der Waals surface area contributed by atoms with Crippen LogP contribution < -0.4 is 10.2 Å². The first-order valence-corrected chi connectivity index (χ1v) is 16.2. The molecule has 3 aliphatic rings. The molecular weight excluding hydrogens is 584 g/mol. The topological polar surface area (TPSA) is 125 Å². The zero-order valence-corrected chi connectivity index (χ0v) is 26.5. The molecule has 0 unspecified atom stereocenters. The van der Waals surface area contributed by atoms with Crippen LogP contribution in [0.5, 0.6) is 5.88 Å². The van der Waals surface area contributed by atoms with Crippen molar-refractivity contribution >= 4 is 22.7 Å². The number of piperidine rings is 1. The number of carbonyl (C=O) groups is 1. The second kappa shape index (κ2) is 12.6. The Balaban J connectivity index is 0.959. The number of aromatic nitrogens is 3. The number of carboxylic acids is 1. The molecule has 242 valence electrons. The van der Waals surface area contributed by atoms with E-state index in [1.807, 2.05) is 37.1 Å². The van der Waals surface area contributed by atoms with Crippen LogP contribution in [0.25, 0.3) is 11.0 Å². The van der Waals surface area contributed by atoms with Gasteiger partial charge in [-0.3, -0.25) is 4.90 Å². The Hall–Kier alpha value is -4.03. The van der Waals surface area contributed by atoms with E-state index in [1.165, 1.54) is 5.56 Å². The fourth-order valence-electron chi connectivity index (χ4n) is 6.68. The number of carboxylic acid groups (broad SMARTS) is 1. The largest absolute Gasteiger partial charge is 0.478 e. The Morgan fingerprint density at radius 3 is 2.65 bits per heavy atom. The van der Waals surface area contributed by atoms with E-state index >= 15 is 0 Å². The van der Waals surface area contributed by atoms with Crippen LogP contribution in [-0.2, 0) is 31.0 Å². The number of benzene rings is 2. The number of hydrogen-bond donors (Lipinski definition) is 3. The molecule has 3 N–H and O–H groups in total. The number of imidazole rings is 1. The van der Waals surface area contributed by atoms with Gasteiger partial charge in [-0.05, 0) is 87.7 Å². The summed E-state index contributed by atoms with van der Waals surface area (Å²) in [5.74, 6) is 1.000. The molecule has 0 radical (unpaired) electrons. The van der Waals surface area contributed by atoms with E-state index in [1.54, 1.807) is 12.1 Å². The van der Waals surface area contributed by atoms with Crippen molar-refractivity contribution < 1.29 is 24.5 Å². The Morgan fingerprint density at radius 1 is 1.09 bits per heavy atom. The lowest BCUT2D eigenvalue weighted by atomic mass is 9.93. The highest BCUT2D eigenvalue weighted by molar-refractivity contribution is 5.92. The standard InChI is InChI=1S/C35H42N6O5/c1-35(2,44)22-40-18-26-7-6-23(16-30(26)38-40)21-46-33-5-3-4-28(37-33)24-10-13-39(14-11-24)20-32-36-29-9-8-25(34(42)43)17-31(29)41(32)19-27-12-15-45-27/h3-9,16-17,24,27,38,44H,10-15,18-22H2,1-2H3,(H,42,43)/t27-/m0/s1. The summed E-state index contributed by atoms with van der Waals surface area (Å²) >= 11 is 0. The lowest BCUT2D eigenvalue weighted by Gasteiger charge is -2.32. The van der Waals surface area contributed by atoms with Gasteiger partial charge >= 0.3 is 5.97 Å². The summed E-state index contributed by atoms with van der Waals surface area (Å²) in [4.78, 5) is 23.9. The molecule has 0 saturated carbocycles. The second-order valence-electron chi connectivity index (χ2n) is 13.4. The van der Waals surface area contributed by atoms with Gasteiger partial charge in [0, 0.05) is 37.4 Å². The summed E-state index contributed by atoms with van der Waals surface area (Å²) in [5, 5.41) is 21.7. The number of pyridine rings is 1. The van der Waals surface area contributed by atoms with Crippen LogP contribution >= 0.6 is 0 Å². The van der Waals surface area contributed by atoms with Crippen molar-refractivity contribution in [1.82, 2.24) is 24.4 Å². The predicted octanol–water partition coefficient (Wildman–Crippen LogP) is 4.79. The van der Waals surface area contributed by atoms with E-state index in [9.17, 15) is 15.0 Å². The molecule has 0 amide bonds. The summed E-state index contributed by atoms with van der Waals surface area (Å²) < 4.78 is 14.0. The summed E-state index contributed by atoms with van der Waals surface area (Å²) in [6, 6.07) is 17.5. The molecule has 11 heteroatoms. The van der Waals surface area contributed by atoms with Crippen LogP contribution in [0.4, 0.5) is 5.69 Å². The van der Waals surface area contributed by atoms with Gasteiger partial charge in [0.1, 0.15) is 12.4 Å². The number of nitrogens with zero attached hydrogens (tertiary/aromatic N) is 5. The zero-order valence-electron chi connectivity index (χ0n) is 26.5. The minimum absolute atomic E-state index is 0.144. The monoisotopic (exact) mass is 626 g/mol. The van der Waals surface area contributed by atoms with Crippen LogP contribution in [-0.4, -0.2) is 78.6 Å². The van der Waals surface area contributed by atoms with Crippen LogP contribution in [0.2, 0.25) is 0 Å².